The van der Waals surface area contributed by atoms with Gasteiger partial charge in [0.15, 0.2) is 0 Å². The van der Waals surface area contributed by atoms with E-state index in [1.54, 1.807) is 17.0 Å². The molecule has 1 aliphatic rings. The second-order valence-corrected chi connectivity index (χ2v) is 7.01. The van der Waals surface area contributed by atoms with Gasteiger partial charge in [-0.3, -0.25) is 4.79 Å². The highest BCUT2D eigenvalue weighted by Gasteiger charge is 2.23. The number of nitrogens with one attached hydrogen (secondary N) is 1. The molecule has 1 N–H and O–H groups in total. The van der Waals surface area contributed by atoms with Gasteiger partial charge in [-0.25, -0.2) is 4.39 Å². The molecule has 0 aliphatic carbocycles. The summed E-state index contributed by atoms with van der Waals surface area (Å²) in [6.07, 6.45) is 1.46. The zero-order valence-electron chi connectivity index (χ0n) is 16.6. The van der Waals surface area contributed by atoms with Gasteiger partial charge in [0.05, 0.1) is 0 Å². The number of carbonyl (C=O) groups is 1. The highest BCUT2D eigenvalue weighted by Crippen LogP contribution is 2.18. The van der Waals surface area contributed by atoms with Crippen LogP contribution in [-0.4, -0.2) is 51.1 Å². The number of hydrogen-bond donors (Lipinski definition) is 1. The van der Waals surface area contributed by atoms with Crippen molar-refractivity contribution < 1.29 is 9.18 Å². The summed E-state index contributed by atoms with van der Waals surface area (Å²) in [4.78, 5) is 18.5. The van der Waals surface area contributed by atoms with Crippen LogP contribution >= 0.6 is 0 Å². The fourth-order valence-corrected chi connectivity index (χ4v) is 3.14. The van der Waals surface area contributed by atoms with E-state index >= 15 is 0 Å². The molecule has 1 amide bonds. The summed E-state index contributed by atoms with van der Waals surface area (Å²) in [7, 11) is 3.93. The third-order valence-corrected chi connectivity index (χ3v) is 4.88. The molecule has 1 aliphatic heterocycles. The monoisotopic (exact) mass is 393 g/mol. The molecule has 0 spiro atoms. The summed E-state index contributed by atoms with van der Waals surface area (Å²) in [5.74, 6) is -0.557. The van der Waals surface area contributed by atoms with E-state index in [2.05, 4.69) is 10.2 Å². The number of amides is 1. The molecule has 6 nitrogen and oxygen atoms in total. The zero-order valence-corrected chi connectivity index (χ0v) is 16.6. The molecular formula is C22H24FN5O. The Kier molecular flexibility index (Phi) is 6.35. The average molecular weight is 393 g/mol. The molecule has 0 bridgehead atoms. The highest BCUT2D eigenvalue weighted by atomic mass is 19.1. The Balaban J connectivity index is 1.59. The van der Waals surface area contributed by atoms with Gasteiger partial charge in [-0.2, -0.15) is 5.26 Å². The fraction of sp³-hybridized carbons (Fsp3) is 0.273. The molecular weight excluding hydrogens is 369 g/mol. The van der Waals surface area contributed by atoms with E-state index in [-0.39, 0.29) is 17.3 Å². The molecule has 3 rings (SSSR count). The molecule has 0 unspecified atom stereocenters. The number of halogens is 1. The minimum atomic E-state index is -0.288. The van der Waals surface area contributed by atoms with Crippen LogP contribution in [0.4, 0.5) is 21.5 Å². The Labute approximate surface area is 170 Å². The van der Waals surface area contributed by atoms with E-state index < -0.39 is 0 Å². The van der Waals surface area contributed by atoms with Crippen LogP contribution in [0, 0.1) is 17.1 Å². The van der Waals surface area contributed by atoms with Crippen LogP contribution in [0.1, 0.15) is 0 Å². The molecule has 0 radical (unpaired) electrons. The van der Waals surface area contributed by atoms with E-state index in [4.69, 9.17) is 0 Å². The number of nitriles is 1. The summed E-state index contributed by atoms with van der Waals surface area (Å²) in [6, 6.07) is 16.0. The molecule has 29 heavy (non-hydrogen) atoms. The highest BCUT2D eigenvalue weighted by molar-refractivity contribution is 5.97. The first kappa shape index (κ1) is 20.2. The van der Waals surface area contributed by atoms with Crippen molar-refractivity contribution >= 4 is 23.0 Å². The molecule has 1 fully saturated rings. The van der Waals surface area contributed by atoms with Gasteiger partial charge in [0, 0.05) is 63.5 Å². The quantitative estimate of drug-likeness (QED) is 0.625. The van der Waals surface area contributed by atoms with Crippen LogP contribution < -0.4 is 15.1 Å². The maximum Gasteiger partial charge on any atom is 0.266 e. The first-order chi connectivity index (χ1) is 14.0. The second-order valence-electron chi connectivity index (χ2n) is 7.01. The fourth-order valence-electron chi connectivity index (χ4n) is 3.14. The predicted octanol–water partition coefficient (Wildman–Crippen LogP) is 3.06. The average Bonchev–Trinajstić information content (AvgIpc) is 2.75. The molecule has 0 saturated carbocycles. The van der Waals surface area contributed by atoms with E-state index in [1.807, 2.05) is 49.3 Å². The number of carbonyl (C=O) groups excluding carboxylic acids is 1. The van der Waals surface area contributed by atoms with Gasteiger partial charge < -0.3 is 20.0 Å². The normalized spacial score (nSPS) is 14.3. The summed E-state index contributed by atoms with van der Waals surface area (Å²) < 4.78 is 13.1. The number of nitrogens with zero attached hydrogens (tertiary/aromatic N) is 4. The largest absolute Gasteiger partial charge is 0.378 e. The molecule has 0 atom stereocenters. The van der Waals surface area contributed by atoms with Crippen LogP contribution in [0.3, 0.4) is 0 Å². The van der Waals surface area contributed by atoms with Gasteiger partial charge in [0.1, 0.15) is 17.5 Å². The van der Waals surface area contributed by atoms with Crippen LogP contribution in [0.5, 0.6) is 0 Å². The van der Waals surface area contributed by atoms with Gasteiger partial charge in [-0.1, -0.05) is 0 Å². The topological polar surface area (TPSA) is 62.6 Å². The van der Waals surface area contributed by atoms with Crippen molar-refractivity contribution in [1.29, 1.82) is 5.26 Å². The first-order valence-electron chi connectivity index (χ1n) is 9.42. The van der Waals surface area contributed by atoms with Gasteiger partial charge in [-0.05, 0) is 48.5 Å². The van der Waals surface area contributed by atoms with Crippen LogP contribution in [0.2, 0.25) is 0 Å². The number of benzene rings is 2. The Hall–Kier alpha value is -3.53. The zero-order chi connectivity index (χ0) is 20.8. The summed E-state index contributed by atoms with van der Waals surface area (Å²) in [5.41, 5.74) is 2.86. The molecule has 0 aromatic heterocycles. The van der Waals surface area contributed by atoms with Crippen molar-refractivity contribution in [2.45, 2.75) is 0 Å². The molecule has 7 heteroatoms. The number of piperazine rings is 1. The number of rotatable bonds is 5. The Morgan fingerprint density at radius 3 is 2.24 bits per heavy atom. The minimum Gasteiger partial charge on any atom is -0.378 e. The lowest BCUT2D eigenvalue weighted by Crippen LogP contribution is -2.49. The lowest BCUT2D eigenvalue weighted by molar-refractivity contribution is -0.127. The molecule has 1 saturated heterocycles. The molecule has 2 aromatic carbocycles. The van der Waals surface area contributed by atoms with Crippen molar-refractivity contribution in [1.82, 2.24) is 4.90 Å². The third-order valence-electron chi connectivity index (χ3n) is 4.88. The van der Waals surface area contributed by atoms with E-state index in [1.165, 1.54) is 18.3 Å². The van der Waals surface area contributed by atoms with Crippen molar-refractivity contribution in [3.8, 4) is 6.07 Å². The first-order valence-corrected chi connectivity index (χ1v) is 9.42. The molecule has 2 aromatic rings. The lowest BCUT2D eigenvalue weighted by Gasteiger charge is -2.36. The number of anilines is 3. The van der Waals surface area contributed by atoms with Crippen LogP contribution in [0.15, 0.2) is 60.3 Å². The second kappa shape index (κ2) is 9.11. The summed E-state index contributed by atoms with van der Waals surface area (Å²) >= 11 is 0. The van der Waals surface area contributed by atoms with Crippen molar-refractivity contribution in [2.24, 2.45) is 0 Å². The maximum absolute atomic E-state index is 13.1. The van der Waals surface area contributed by atoms with Gasteiger partial charge in [-0.15, -0.1) is 0 Å². The Morgan fingerprint density at radius 2 is 1.69 bits per heavy atom. The summed E-state index contributed by atoms with van der Waals surface area (Å²) in [6.45, 7) is 2.28. The summed E-state index contributed by atoms with van der Waals surface area (Å²) in [5, 5.41) is 12.4. The van der Waals surface area contributed by atoms with Gasteiger partial charge >= 0.3 is 0 Å². The van der Waals surface area contributed by atoms with Crippen molar-refractivity contribution in [3.63, 3.8) is 0 Å². The maximum atomic E-state index is 13.1. The predicted molar refractivity (Wildman–Crippen MR) is 113 cm³/mol. The van der Waals surface area contributed by atoms with E-state index in [0.717, 1.165) is 17.1 Å². The van der Waals surface area contributed by atoms with Crippen molar-refractivity contribution in [3.05, 3.63) is 66.1 Å². The van der Waals surface area contributed by atoms with Crippen molar-refractivity contribution in [2.75, 3.05) is 55.4 Å². The molecule has 150 valence electrons. The Bertz CT molecular complexity index is 908. The standard InChI is InChI=1S/C22H24FN5O/c1-26(2)20-9-5-19(6-10-20)25-16-17(15-24)22(29)28-13-11-27(12-14-28)21-7-3-18(23)4-8-21/h3-10,16,25H,11-14H2,1-2H3/b17-16-. The SMILES string of the molecule is CN(C)c1ccc(N/C=C(/C#N)C(=O)N2CCN(c3ccc(F)cc3)CC2)cc1. The van der Waals surface area contributed by atoms with Crippen LogP contribution in [-0.2, 0) is 4.79 Å². The smallest absolute Gasteiger partial charge is 0.266 e. The van der Waals surface area contributed by atoms with Crippen LogP contribution in [0.25, 0.3) is 0 Å². The third kappa shape index (κ3) is 5.05. The van der Waals surface area contributed by atoms with E-state index in [9.17, 15) is 14.4 Å². The lowest BCUT2D eigenvalue weighted by atomic mass is 10.2. The molecule has 1 heterocycles. The minimum absolute atomic E-state index is 0.0666. The number of hydrogen-bond acceptors (Lipinski definition) is 5. The van der Waals surface area contributed by atoms with Gasteiger partial charge in [0.2, 0.25) is 0 Å². The Morgan fingerprint density at radius 1 is 1.07 bits per heavy atom. The van der Waals surface area contributed by atoms with E-state index in [0.29, 0.717) is 26.2 Å². The van der Waals surface area contributed by atoms with Gasteiger partial charge in [0.25, 0.3) is 5.91 Å².